The van der Waals surface area contributed by atoms with E-state index in [0.29, 0.717) is 15.8 Å². The Hall–Kier alpha value is -2.42. The van der Waals surface area contributed by atoms with Crippen molar-refractivity contribution in [2.75, 3.05) is 14.2 Å². The van der Waals surface area contributed by atoms with Crippen molar-refractivity contribution in [3.63, 3.8) is 0 Å². The largest absolute Gasteiger partial charge is 0.497 e. The summed E-state index contributed by atoms with van der Waals surface area (Å²) in [5.41, 5.74) is 0.772. The van der Waals surface area contributed by atoms with Gasteiger partial charge in [0.2, 0.25) is 10.0 Å². The fourth-order valence-corrected chi connectivity index (χ4v) is 5.34. The lowest BCUT2D eigenvalue weighted by atomic mass is 10.2. The first-order valence-electron chi connectivity index (χ1n) is 7.68. The summed E-state index contributed by atoms with van der Waals surface area (Å²) in [5, 5.41) is 0.500. The van der Waals surface area contributed by atoms with E-state index in [1.807, 2.05) is 0 Å². The first-order valence-corrected chi connectivity index (χ1v) is 9.98. The number of esters is 1. The molecule has 0 aliphatic heterocycles. The van der Waals surface area contributed by atoms with E-state index in [2.05, 4.69) is 4.72 Å². The number of benzene rings is 2. The number of carbonyl (C=O) groups excluding carboxylic acids is 1. The molecule has 0 saturated heterocycles. The highest BCUT2D eigenvalue weighted by Crippen LogP contribution is 2.35. The van der Waals surface area contributed by atoms with Gasteiger partial charge in [-0.05, 0) is 23.8 Å². The summed E-state index contributed by atoms with van der Waals surface area (Å²) >= 11 is 1.10. The number of carbonyl (C=O) groups is 1. The Morgan fingerprint density at radius 1 is 1.08 bits per heavy atom. The lowest BCUT2D eigenvalue weighted by molar-refractivity contribution is 0.0602. The van der Waals surface area contributed by atoms with Gasteiger partial charge in [0.05, 0.1) is 14.2 Å². The van der Waals surface area contributed by atoms with Crippen molar-refractivity contribution >= 4 is 37.4 Å². The minimum atomic E-state index is -3.91. The van der Waals surface area contributed by atoms with Gasteiger partial charge in [-0.3, -0.25) is 0 Å². The second-order valence-electron chi connectivity index (χ2n) is 5.42. The normalized spacial score (nSPS) is 11.5. The van der Waals surface area contributed by atoms with Crippen molar-refractivity contribution in [3.05, 3.63) is 59.0 Å². The van der Waals surface area contributed by atoms with Crippen LogP contribution in [0.2, 0.25) is 0 Å². The number of ether oxygens (including phenoxy) is 2. The molecule has 0 spiro atoms. The maximum absolute atomic E-state index is 12.9. The molecule has 0 radical (unpaired) electrons. The van der Waals surface area contributed by atoms with Crippen LogP contribution < -0.4 is 9.46 Å². The van der Waals surface area contributed by atoms with Gasteiger partial charge in [0.1, 0.15) is 15.5 Å². The molecule has 26 heavy (non-hydrogen) atoms. The van der Waals surface area contributed by atoms with E-state index in [-0.39, 0.29) is 16.3 Å². The molecule has 3 rings (SSSR count). The van der Waals surface area contributed by atoms with E-state index in [4.69, 9.17) is 9.47 Å². The molecule has 136 valence electrons. The van der Waals surface area contributed by atoms with Crippen molar-refractivity contribution < 1.29 is 22.7 Å². The molecule has 1 N–H and O–H groups in total. The van der Waals surface area contributed by atoms with E-state index in [0.717, 1.165) is 16.9 Å². The summed E-state index contributed by atoms with van der Waals surface area (Å²) in [5.74, 6) is 0.0180. The molecule has 0 aliphatic rings. The molecule has 0 saturated carbocycles. The predicted octanol–water partition coefficient (Wildman–Crippen LogP) is 3.18. The molecular formula is C18H17NO5S2. The number of methoxy groups -OCH3 is 2. The Morgan fingerprint density at radius 3 is 2.42 bits per heavy atom. The molecule has 0 unspecified atom stereocenters. The number of fused-ring (bicyclic) bond motifs is 1. The third kappa shape index (κ3) is 3.57. The van der Waals surface area contributed by atoms with Crippen LogP contribution in [-0.4, -0.2) is 28.6 Å². The van der Waals surface area contributed by atoms with E-state index in [1.54, 1.807) is 55.6 Å². The standard InChI is InChI=1S/C18H17NO5S2/c1-23-13-9-7-12(8-10-13)11-19-26(21,22)17-14-5-3-4-6-15(14)25-16(17)18(20)24-2/h3-10,19H,11H2,1-2H3. The summed E-state index contributed by atoms with van der Waals surface area (Å²) in [6.45, 7) is 0.0944. The molecule has 6 nitrogen and oxygen atoms in total. The van der Waals surface area contributed by atoms with Crippen LogP contribution in [0, 0.1) is 0 Å². The second kappa shape index (κ2) is 7.45. The predicted molar refractivity (Wildman–Crippen MR) is 100 cm³/mol. The van der Waals surface area contributed by atoms with Crippen LogP contribution in [0.3, 0.4) is 0 Å². The van der Waals surface area contributed by atoms with Gasteiger partial charge in [-0.2, -0.15) is 0 Å². The van der Waals surface area contributed by atoms with Crippen molar-refractivity contribution in [2.24, 2.45) is 0 Å². The third-order valence-electron chi connectivity index (χ3n) is 3.81. The van der Waals surface area contributed by atoms with Gasteiger partial charge in [0.25, 0.3) is 0 Å². The molecule has 1 heterocycles. The van der Waals surface area contributed by atoms with Gasteiger partial charge >= 0.3 is 5.97 Å². The van der Waals surface area contributed by atoms with Gasteiger partial charge in [-0.15, -0.1) is 11.3 Å². The molecule has 2 aromatic carbocycles. The van der Waals surface area contributed by atoms with E-state index >= 15 is 0 Å². The Bertz CT molecular complexity index is 1040. The minimum absolute atomic E-state index is 0.0431. The highest BCUT2D eigenvalue weighted by molar-refractivity contribution is 7.90. The fourth-order valence-electron chi connectivity index (χ4n) is 2.51. The number of thiophene rings is 1. The van der Waals surface area contributed by atoms with Crippen LogP contribution in [0.25, 0.3) is 10.1 Å². The summed E-state index contributed by atoms with van der Waals surface area (Å²) < 4.78 is 38.9. The molecule has 0 aliphatic carbocycles. The molecule has 3 aromatic rings. The van der Waals surface area contributed by atoms with Crippen LogP contribution >= 0.6 is 11.3 Å². The second-order valence-corrected chi connectivity index (χ2v) is 8.18. The maximum Gasteiger partial charge on any atom is 0.349 e. The van der Waals surface area contributed by atoms with E-state index < -0.39 is 16.0 Å². The average Bonchev–Trinajstić information content (AvgIpc) is 3.06. The minimum Gasteiger partial charge on any atom is -0.497 e. The summed E-state index contributed by atoms with van der Waals surface area (Å²) in [4.78, 5) is 12.1. The Labute approximate surface area is 155 Å². The van der Waals surface area contributed by atoms with Gasteiger partial charge in [-0.1, -0.05) is 30.3 Å². The van der Waals surface area contributed by atoms with Crippen LogP contribution in [-0.2, 0) is 21.3 Å². The lowest BCUT2D eigenvalue weighted by Crippen LogP contribution is -2.24. The Morgan fingerprint density at radius 2 is 1.77 bits per heavy atom. The zero-order chi connectivity index (χ0) is 18.7. The third-order valence-corrected chi connectivity index (χ3v) is 6.58. The maximum atomic E-state index is 12.9. The number of nitrogens with one attached hydrogen (secondary N) is 1. The molecule has 0 fully saturated rings. The highest BCUT2D eigenvalue weighted by atomic mass is 32.2. The van der Waals surface area contributed by atoms with Crippen LogP contribution in [0.4, 0.5) is 0 Å². The number of hydrogen-bond acceptors (Lipinski definition) is 6. The van der Waals surface area contributed by atoms with Crippen molar-refractivity contribution in [3.8, 4) is 5.75 Å². The monoisotopic (exact) mass is 391 g/mol. The summed E-state index contributed by atoms with van der Waals surface area (Å²) in [7, 11) is -1.12. The summed E-state index contributed by atoms with van der Waals surface area (Å²) in [6.07, 6.45) is 0. The molecule has 1 aromatic heterocycles. The van der Waals surface area contributed by atoms with Gasteiger partial charge in [-0.25, -0.2) is 17.9 Å². The number of sulfonamides is 1. The molecule has 0 bridgehead atoms. The number of hydrogen-bond donors (Lipinski definition) is 1. The van der Waals surface area contributed by atoms with Gasteiger partial charge in [0.15, 0.2) is 0 Å². The van der Waals surface area contributed by atoms with Crippen LogP contribution in [0.15, 0.2) is 53.4 Å². The van der Waals surface area contributed by atoms with Gasteiger partial charge < -0.3 is 9.47 Å². The zero-order valence-corrected chi connectivity index (χ0v) is 15.8. The summed E-state index contributed by atoms with van der Waals surface area (Å²) in [6, 6.07) is 14.0. The van der Waals surface area contributed by atoms with Gasteiger partial charge in [0, 0.05) is 16.6 Å². The van der Waals surface area contributed by atoms with E-state index in [1.165, 1.54) is 7.11 Å². The zero-order valence-electron chi connectivity index (χ0n) is 14.2. The highest BCUT2D eigenvalue weighted by Gasteiger charge is 2.28. The molecule has 8 heteroatoms. The average molecular weight is 391 g/mol. The van der Waals surface area contributed by atoms with E-state index in [9.17, 15) is 13.2 Å². The number of rotatable bonds is 6. The smallest absolute Gasteiger partial charge is 0.349 e. The lowest BCUT2D eigenvalue weighted by Gasteiger charge is -2.09. The van der Waals surface area contributed by atoms with Crippen molar-refractivity contribution in [1.82, 2.24) is 4.72 Å². The van der Waals surface area contributed by atoms with Crippen molar-refractivity contribution in [2.45, 2.75) is 11.4 Å². The quantitative estimate of drug-likeness (QED) is 0.653. The first-order chi connectivity index (χ1) is 12.5. The SMILES string of the molecule is COC(=O)c1sc2ccccc2c1S(=O)(=O)NCc1ccc(OC)cc1. The molecule has 0 amide bonds. The first kappa shape index (κ1) is 18.4. The van der Waals surface area contributed by atoms with Crippen LogP contribution in [0.1, 0.15) is 15.2 Å². The Kier molecular flexibility index (Phi) is 5.26. The van der Waals surface area contributed by atoms with Crippen molar-refractivity contribution in [1.29, 1.82) is 0 Å². The topological polar surface area (TPSA) is 81.7 Å². The fraction of sp³-hybridized carbons (Fsp3) is 0.167. The molecule has 0 atom stereocenters. The van der Waals surface area contributed by atoms with Crippen LogP contribution in [0.5, 0.6) is 5.75 Å². The Balaban J connectivity index is 1.96. The molecular weight excluding hydrogens is 374 g/mol.